The summed E-state index contributed by atoms with van der Waals surface area (Å²) in [6.07, 6.45) is 3.84. The Morgan fingerprint density at radius 1 is 1.31 bits per heavy atom. The third-order valence-corrected chi connectivity index (χ3v) is 2.74. The SMILES string of the molecule is COC(C)(C)CCNCCc1ccccn1. The Morgan fingerprint density at radius 3 is 2.75 bits per heavy atom. The van der Waals surface area contributed by atoms with Crippen molar-refractivity contribution in [1.82, 2.24) is 10.3 Å². The van der Waals surface area contributed by atoms with E-state index in [0.717, 1.165) is 31.6 Å². The van der Waals surface area contributed by atoms with E-state index < -0.39 is 0 Å². The van der Waals surface area contributed by atoms with Crippen LogP contribution in [0.15, 0.2) is 24.4 Å². The maximum atomic E-state index is 5.35. The Kier molecular flexibility index (Phi) is 5.43. The molecule has 0 aliphatic rings. The van der Waals surface area contributed by atoms with Crippen LogP contribution < -0.4 is 5.32 Å². The first-order chi connectivity index (χ1) is 7.64. The number of nitrogens with one attached hydrogen (secondary N) is 1. The molecule has 90 valence electrons. The van der Waals surface area contributed by atoms with Gasteiger partial charge in [-0.3, -0.25) is 4.98 Å². The summed E-state index contributed by atoms with van der Waals surface area (Å²) < 4.78 is 5.35. The second-order valence-electron chi connectivity index (χ2n) is 4.53. The molecule has 0 aromatic carbocycles. The number of rotatable bonds is 7. The lowest BCUT2D eigenvalue weighted by Crippen LogP contribution is -2.29. The normalized spacial score (nSPS) is 11.7. The molecule has 1 heterocycles. The zero-order chi connectivity index (χ0) is 11.9. The molecule has 0 fully saturated rings. The summed E-state index contributed by atoms with van der Waals surface area (Å²) >= 11 is 0. The monoisotopic (exact) mass is 222 g/mol. The van der Waals surface area contributed by atoms with E-state index in [1.165, 1.54) is 0 Å². The number of hydrogen-bond acceptors (Lipinski definition) is 3. The third kappa shape index (κ3) is 5.24. The van der Waals surface area contributed by atoms with E-state index in [1.54, 1.807) is 7.11 Å². The Bertz CT molecular complexity index is 285. The van der Waals surface area contributed by atoms with E-state index >= 15 is 0 Å². The fourth-order valence-electron chi connectivity index (χ4n) is 1.38. The quantitative estimate of drug-likeness (QED) is 0.717. The summed E-state index contributed by atoms with van der Waals surface area (Å²) in [5, 5.41) is 3.40. The van der Waals surface area contributed by atoms with Crippen molar-refractivity contribution in [2.75, 3.05) is 20.2 Å². The molecular weight excluding hydrogens is 200 g/mol. The van der Waals surface area contributed by atoms with Crippen molar-refractivity contribution in [2.24, 2.45) is 0 Å². The predicted molar refractivity (Wildman–Crippen MR) is 66.5 cm³/mol. The van der Waals surface area contributed by atoms with Gasteiger partial charge < -0.3 is 10.1 Å². The van der Waals surface area contributed by atoms with Crippen molar-refractivity contribution in [3.05, 3.63) is 30.1 Å². The van der Waals surface area contributed by atoms with Crippen molar-refractivity contribution in [2.45, 2.75) is 32.3 Å². The maximum Gasteiger partial charge on any atom is 0.0634 e. The molecule has 0 spiro atoms. The van der Waals surface area contributed by atoms with Gasteiger partial charge in [-0.15, -0.1) is 0 Å². The number of aromatic nitrogens is 1. The van der Waals surface area contributed by atoms with Gasteiger partial charge in [0.2, 0.25) is 0 Å². The Hall–Kier alpha value is -0.930. The fraction of sp³-hybridized carbons (Fsp3) is 0.615. The van der Waals surface area contributed by atoms with E-state index in [1.807, 2.05) is 18.3 Å². The largest absolute Gasteiger partial charge is 0.379 e. The van der Waals surface area contributed by atoms with Crippen LogP contribution in [-0.4, -0.2) is 30.8 Å². The van der Waals surface area contributed by atoms with Crippen LogP contribution in [0.1, 0.15) is 26.0 Å². The van der Waals surface area contributed by atoms with Gasteiger partial charge in [-0.2, -0.15) is 0 Å². The molecule has 0 saturated carbocycles. The summed E-state index contributed by atoms with van der Waals surface area (Å²) in [4.78, 5) is 4.28. The third-order valence-electron chi connectivity index (χ3n) is 2.74. The predicted octanol–water partition coefficient (Wildman–Crippen LogP) is 2.03. The van der Waals surface area contributed by atoms with E-state index in [4.69, 9.17) is 4.74 Å². The molecule has 1 N–H and O–H groups in total. The van der Waals surface area contributed by atoms with Crippen molar-refractivity contribution in [3.8, 4) is 0 Å². The van der Waals surface area contributed by atoms with E-state index in [9.17, 15) is 0 Å². The molecule has 0 atom stereocenters. The Morgan fingerprint density at radius 2 is 2.12 bits per heavy atom. The van der Waals surface area contributed by atoms with Crippen molar-refractivity contribution in [3.63, 3.8) is 0 Å². The van der Waals surface area contributed by atoms with E-state index in [-0.39, 0.29) is 5.60 Å². The van der Waals surface area contributed by atoms with Crippen LogP contribution >= 0.6 is 0 Å². The van der Waals surface area contributed by atoms with Gasteiger partial charge in [-0.05, 0) is 38.9 Å². The molecule has 16 heavy (non-hydrogen) atoms. The van der Waals surface area contributed by atoms with Gasteiger partial charge in [0.1, 0.15) is 0 Å². The minimum absolute atomic E-state index is 0.0298. The van der Waals surface area contributed by atoms with Gasteiger partial charge in [-0.25, -0.2) is 0 Å². The molecule has 1 rings (SSSR count). The maximum absolute atomic E-state index is 5.35. The first-order valence-corrected chi connectivity index (χ1v) is 5.80. The number of nitrogens with zero attached hydrogens (tertiary/aromatic N) is 1. The molecule has 3 nitrogen and oxygen atoms in total. The number of ether oxygens (including phenoxy) is 1. The van der Waals surface area contributed by atoms with Gasteiger partial charge >= 0.3 is 0 Å². The fourth-order valence-corrected chi connectivity index (χ4v) is 1.38. The molecule has 0 unspecified atom stereocenters. The molecule has 0 saturated heterocycles. The van der Waals surface area contributed by atoms with Crippen LogP contribution in [0.3, 0.4) is 0 Å². The zero-order valence-corrected chi connectivity index (χ0v) is 10.5. The van der Waals surface area contributed by atoms with Gasteiger partial charge in [0.05, 0.1) is 5.60 Å². The number of methoxy groups -OCH3 is 1. The van der Waals surface area contributed by atoms with Gasteiger partial charge in [0.25, 0.3) is 0 Å². The van der Waals surface area contributed by atoms with Gasteiger partial charge in [0.15, 0.2) is 0 Å². The minimum Gasteiger partial charge on any atom is -0.379 e. The molecular formula is C13H22N2O. The topological polar surface area (TPSA) is 34.1 Å². The first-order valence-electron chi connectivity index (χ1n) is 5.80. The zero-order valence-electron chi connectivity index (χ0n) is 10.5. The average molecular weight is 222 g/mol. The second kappa shape index (κ2) is 6.61. The van der Waals surface area contributed by atoms with Gasteiger partial charge in [0, 0.05) is 32.0 Å². The lowest BCUT2D eigenvalue weighted by atomic mass is 10.1. The van der Waals surface area contributed by atoms with E-state index in [2.05, 4.69) is 30.2 Å². The number of hydrogen-bond donors (Lipinski definition) is 1. The smallest absolute Gasteiger partial charge is 0.0634 e. The summed E-state index contributed by atoms with van der Waals surface area (Å²) in [5.41, 5.74) is 1.11. The highest BCUT2D eigenvalue weighted by molar-refractivity contribution is 5.03. The highest BCUT2D eigenvalue weighted by Crippen LogP contribution is 2.11. The van der Waals surface area contributed by atoms with Gasteiger partial charge in [-0.1, -0.05) is 6.07 Å². The molecule has 0 amide bonds. The van der Waals surface area contributed by atoms with Crippen LogP contribution in [0.2, 0.25) is 0 Å². The summed E-state index contributed by atoms with van der Waals surface area (Å²) in [6, 6.07) is 6.02. The average Bonchev–Trinajstić information content (AvgIpc) is 2.30. The second-order valence-corrected chi connectivity index (χ2v) is 4.53. The highest BCUT2D eigenvalue weighted by atomic mass is 16.5. The molecule has 0 aliphatic heterocycles. The summed E-state index contributed by atoms with van der Waals surface area (Å²) in [6.45, 7) is 6.16. The summed E-state index contributed by atoms with van der Waals surface area (Å²) in [5.74, 6) is 0. The molecule has 0 bridgehead atoms. The van der Waals surface area contributed by atoms with Crippen LogP contribution in [0.5, 0.6) is 0 Å². The van der Waals surface area contributed by atoms with Crippen molar-refractivity contribution >= 4 is 0 Å². The van der Waals surface area contributed by atoms with Crippen molar-refractivity contribution < 1.29 is 4.74 Å². The van der Waals surface area contributed by atoms with Crippen molar-refractivity contribution in [1.29, 1.82) is 0 Å². The number of pyridine rings is 1. The standard InChI is InChI=1S/C13H22N2O/c1-13(2,16-3)8-11-14-10-7-12-6-4-5-9-15-12/h4-6,9,14H,7-8,10-11H2,1-3H3. The highest BCUT2D eigenvalue weighted by Gasteiger charge is 2.14. The van der Waals surface area contributed by atoms with Crippen LogP contribution in [0, 0.1) is 0 Å². The molecule has 1 aromatic rings. The lowest BCUT2D eigenvalue weighted by molar-refractivity contribution is 0.0159. The molecule has 1 aromatic heterocycles. The summed E-state index contributed by atoms with van der Waals surface area (Å²) in [7, 11) is 1.76. The minimum atomic E-state index is -0.0298. The van der Waals surface area contributed by atoms with Crippen LogP contribution in [0.25, 0.3) is 0 Å². The van der Waals surface area contributed by atoms with Crippen LogP contribution in [0.4, 0.5) is 0 Å². The molecule has 0 aliphatic carbocycles. The van der Waals surface area contributed by atoms with E-state index in [0.29, 0.717) is 0 Å². The van der Waals surface area contributed by atoms with Crippen LogP contribution in [-0.2, 0) is 11.2 Å². The Labute approximate surface area is 98.2 Å². The lowest BCUT2D eigenvalue weighted by Gasteiger charge is -2.22. The first kappa shape index (κ1) is 13.1. The Balaban J connectivity index is 2.09. The molecule has 0 radical (unpaired) electrons. The molecule has 3 heteroatoms.